The molecule has 0 spiro atoms. The van der Waals surface area contributed by atoms with E-state index in [1.807, 2.05) is 7.05 Å². The van der Waals surface area contributed by atoms with Crippen LogP contribution in [0.1, 0.15) is 41.2 Å². The largest absolute Gasteiger partial charge is 0.319 e. The number of carbonyl (C=O) groups is 1. The highest BCUT2D eigenvalue weighted by Crippen LogP contribution is 2.40. The van der Waals surface area contributed by atoms with Crippen molar-refractivity contribution in [1.29, 1.82) is 0 Å². The van der Waals surface area contributed by atoms with Gasteiger partial charge in [-0.2, -0.15) is 0 Å². The summed E-state index contributed by atoms with van der Waals surface area (Å²) in [7, 11) is 1.81. The zero-order valence-electron chi connectivity index (χ0n) is 9.48. The second-order valence-electron chi connectivity index (χ2n) is 4.47. The summed E-state index contributed by atoms with van der Waals surface area (Å²) in [6.45, 7) is 0. The summed E-state index contributed by atoms with van der Waals surface area (Å²) in [5.74, 6) is 0.456. The van der Waals surface area contributed by atoms with Crippen molar-refractivity contribution >= 4 is 28.9 Å². The van der Waals surface area contributed by atoms with Gasteiger partial charge in [0.2, 0.25) is 0 Å². The Morgan fingerprint density at radius 2 is 2.24 bits per heavy atom. The van der Waals surface area contributed by atoms with Crippen LogP contribution in [-0.2, 0) is 7.05 Å². The molecule has 4 nitrogen and oxygen atoms in total. The second kappa shape index (κ2) is 3.81. The third kappa shape index (κ3) is 1.40. The van der Waals surface area contributed by atoms with Crippen molar-refractivity contribution in [2.24, 2.45) is 7.05 Å². The predicted molar refractivity (Wildman–Crippen MR) is 65.5 cm³/mol. The Labute approximate surface area is 104 Å². The van der Waals surface area contributed by atoms with Crippen LogP contribution < -0.4 is 0 Å². The van der Waals surface area contributed by atoms with Gasteiger partial charge in [-0.05, 0) is 12.8 Å². The van der Waals surface area contributed by atoms with E-state index in [-0.39, 0.29) is 0 Å². The molecule has 0 atom stereocenters. The van der Waals surface area contributed by atoms with Gasteiger partial charge in [0.05, 0.1) is 16.6 Å². The molecule has 0 radical (unpaired) electrons. The van der Waals surface area contributed by atoms with E-state index in [1.54, 1.807) is 10.9 Å². The lowest BCUT2D eigenvalue weighted by molar-refractivity contribution is 0.112. The number of halogens is 1. The summed E-state index contributed by atoms with van der Waals surface area (Å²) in [6.07, 6.45) is 5.86. The van der Waals surface area contributed by atoms with Gasteiger partial charge < -0.3 is 4.57 Å². The van der Waals surface area contributed by atoms with Crippen LogP contribution >= 0.6 is 11.6 Å². The molecule has 0 bridgehead atoms. The van der Waals surface area contributed by atoms with Gasteiger partial charge in [-0.15, -0.1) is 0 Å². The Bertz CT molecular complexity index is 601. The number of nitrogens with zero attached hydrogens (tertiary/aromatic N) is 3. The third-order valence-corrected chi connectivity index (χ3v) is 4.03. The SMILES string of the molecule is Cn1c(Cl)c(C=O)c2c(C3CCC3)ncnc21. The molecule has 5 heteroatoms. The van der Waals surface area contributed by atoms with E-state index in [9.17, 15) is 4.79 Å². The first-order valence-corrected chi connectivity index (χ1v) is 6.05. The van der Waals surface area contributed by atoms with E-state index in [0.29, 0.717) is 16.6 Å². The van der Waals surface area contributed by atoms with Crippen molar-refractivity contribution in [3.05, 3.63) is 22.7 Å². The normalized spacial score (nSPS) is 16.1. The average Bonchev–Trinajstić information content (AvgIpc) is 2.51. The minimum absolute atomic E-state index is 0.441. The number of aryl methyl sites for hydroxylation is 1. The summed E-state index contributed by atoms with van der Waals surface area (Å²) in [5.41, 5.74) is 2.24. The number of rotatable bonds is 2. The van der Waals surface area contributed by atoms with Crippen LogP contribution in [0.15, 0.2) is 6.33 Å². The predicted octanol–water partition coefficient (Wildman–Crippen LogP) is 2.70. The highest BCUT2D eigenvalue weighted by Gasteiger charge is 2.27. The van der Waals surface area contributed by atoms with E-state index in [4.69, 9.17) is 11.6 Å². The van der Waals surface area contributed by atoms with Crippen LogP contribution in [0.2, 0.25) is 5.15 Å². The van der Waals surface area contributed by atoms with Crippen molar-refractivity contribution in [3.8, 4) is 0 Å². The van der Waals surface area contributed by atoms with Crippen LogP contribution in [0.5, 0.6) is 0 Å². The smallest absolute Gasteiger partial charge is 0.153 e. The Morgan fingerprint density at radius 3 is 2.82 bits per heavy atom. The monoisotopic (exact) mass is 249 g/mol. The van der Waals surface area contributed by atoms with E-state index in [0.717, 1.165) is 35.9 Å². The molecule has 17 heavy (non-hydrogen) atoms. The van der Waals surface area contributed by atoms with Gasteiger partial charge >= 0.3 is 0 Å². The first kappa shape index (κ1) is 10.7. The summed E-state index contributed by atoms with van der Waals surface area (Å²) in [6, 6.07) is 0. The first-order valence-electron chi connectivity index (χ1n) is 5.68. The molecule has 0 N–H and O–H groups in total. The number of hydrogen-bond acceptors (Lipinski definition) is 3. The van der Waals surface area contributed by atoms with Crippen LogP contribution in [0.3, 0.4) is 0 Å². The zero-order valence-corrected chi connectivity index (χ0v) is 10.2. The Balaban J connectivity index is 2.36. The molecule has 0 saturated heterocycles. The van der Waals surface area contributed by atoms with Crippen LogP contribution in [0.25, 0.3) is 11.0 Å². The molecule has 2 aromatic heterocycles. The van der Waals surface area contributed by atoms with Gasteiger partial charge in [0.15, 0.2) is 6.29 Å². The van der Waals surface area contributed by atoms with E-state index >= 15 is 0 Å². The van der Waals surface area contributed by atoms with Crippen molar-refractivity contribution in [1.82, 2.24) is 14.5 Å². The van der Waals surface area contributed by atoms with Crippen molar-refractivity contribution < 1.29 is 4.79 Å². The van der Waals surface area contributed by atoms with E-state index in [1.165, 1.54) is 6.42 Å². The molecule has 2 aromatic rings. The topological polar surface area (TPSA) is 47.8 Å². The maximum atomic E-state index is 11.2. The van der Waals surface area contributed by atoms with Gasteiger partial charge in [-0.3, -0.25) is 4.79 Å². The highest BCUT2D eigenvalue weighted by molar-refractivity contribution is 6.34. The van der Waals surface area contributed by atoms with Crippen molar-refractivity contribution in [2.45, 2.75) is 25.2 Å². The standard InChI is InChI=1S/C12H12ClN3O/c1-16-11(13)8(5-17)9-10(7-3-2-4-7)14-6-15-12(9)16/h5-7H,2-4H2,1H3. The number of fused-ring (bicyclic) bond motifs is 1. The highest BCUT2D eigenvalue weighted by atomic mass is 35.5. The zero-order chi connectivity index (χ0) is 12.0. The molecule has 0 aromatic carbocycles. The average molecular weight is 250 g/mol. The molecule has 1 aliphatic carbocycles. The maximum absolute atomic E-state index is 11.2. The molecule has 0 unspecified atom stereocenters. The quantitative estimate of drug-likeness (QED) is 0.769. The lowest BCUT2D eigenvalue weighted by atomic mass is 9.81. The van der Waals surface area contributed by atoms with Crippen LogP contribution in [-0.4, -0.2) is 20.8 Å². The molecule has 2 heterocycles. The summed E-state index contributed by atoms with van der Waals surface area (Å²) in [4.78, 5) is 19.8. The summed E-state index contributed by atoms with van der Waals surface area (Å²) >= 11 is 6.14. The molecule has 0 amide bonds. The molecular weight excluding hydrogens is 238 g/mol. The number of aromatic nitrogens is 3. The van der Waals surface area contributed by atoms with E-state index in [2.05, 4.69) is 9.97 Å². The van der Waals surface area contributed by atoms with Gasteiger partial charge in [0, 0.05) is 13.0 Å². The fourth-order valence-corrected chi connectivity index (χ4v) is 2.60. The number of hydrogen-bond donors (Lipinski definition) is 0. The Hall–Kier alpha value is -1.42. The van der Waals surface area contributed by atoms with Crippen molar-refractivity contribution in [2.75, 3.05) is 0 Å². The number of carbonyl (C=O) groups excluding carboxylic acids is 1. The van der Waals surface area contributed by atoms with Gasteiger partial charge in [-0.1, -0.05) is 18.0 Å². The van der Waals surface area contributed by atoms with E-state index < -0.39 is 0 Å². The molecule has 1 aliphatic rings. The number of aldehydes is 1. The minimum Gasteiger partial charge on any atom is -0.319 e. The summed E-state index contributed by atoms with van der Waals surface area (Å²) < 4.78 is 1.74. The lowest BCUT2D eigenvalue weighted by Crippen LogP contribution is -2.11. The van der Waals surface area contributed by atoms with Crippen LogP contribution in [0, 0.1) is 0 Å². The third-order valence-electron chi connectivity index (χ3n) is 3.57. The second-order valence-corrected chi connectivity index (χ2v) is 4.82. The fourth-order valence-electron chi connectivity index (χ4n) is 2.38. The maximum Gasteiger partial charge on any atom is 0.153 e. The molecule has 3 rings (SSSR count). The molecular formula is C12H12ClN3O. The Morgan fingerprint density at radius 1 is 1.47 bits per heavy atom. The molecule has 1 fully saturated rings. The van der Waals surface area contributed by atoms with Gasteiger partial charge in [0.25, 0.3) is 0 Å². The lowest BCUT2D eigenvalue weighted by Gasteiger charge is -2.25. The van der Waals surface area contributed by atoms with Crippen molar-refractivity contribution in [3.63, 3.8) is 0 Å². The first-order chi connectivity index (χ1) is 8.24. The van der Waals surface area contributed by atoms with Crippen LogP contribution in [0.4, 0.5) is 0 Å². The molecule has 0 aliphatic heterocycles. The fraction of sp³-hybridized carbons (Fsp3) is 0.417. The molecule has 1 saturated carbocycles. The minimum atomic E-state index is 0.441. The molecule has 88 valence electrons. The van der Waals surface area contributed by atoms with Gasteiger partial charge in [0.1, 0.15) is 17.1 Å². The van der Waals surface area contributed by atoms with Gasteiger partial charge in [-0.25, -0.2) is 9.97 Å². The Kier molecular flexibility index (Phi) is 2.40. The summed E-state index contributed by atoms with van der Waals surface area (Å²) in [5, 5.41) is 1.27.